The minimum Gasteiger partial charge on any atom is -0.391 e. The van der Waals surface area contributed by atoms with Crippen molar-refractivity contribution in [1.29, 1.82) is 0 Å². The first-order valence-electron chi connectivity index (χ1n) is 7.04. The number of aromatic nitrogens is 5. The van der Waals surface area contributed by atoms with Crippen LogP contribution in [0.4, 0.5) is 0 Å². The fraction of sp³-hybridized carbons (Fsp3) is 0.538. The summed E-state index contributed by atoms with van der Waals surface area (Å²) in [5.41, 5.74) is 0.247. The van der Waals surface area contributed by atoms with E-state index in [1.807, 2.05) is 0 Å². The summed E-state index contributed by atoms with van der Waals surface area (Å²) in [6.07, 6.45) is 5.60. The minimum atomic E-state index is -0.573. The van der Waals surface area contributed by atoms with E-state index in [-0.39, 0.29) is 23.6 Å². The number of amides is 1. The molecule has 118 valence electrons. The van der Waals surface area contributed by atoms with Gasteiger partial charge in [0.1, 0.15) is 0 Å². The summed E-state index contributed by atoms with van der Waals surface area (Å²) in [6, 6.07) is -0.287. The highest BCUT2D eigenvalue weighted by atomic mass is 35.5. The Bertz CT molecular complexity index is 669. The molecule has 0 aromatic carbocycles. The van der Waals surface area contributed by atoms with Crippen molar-refractivity contribution in [2.45, 2.75) is 31.5 Å². The van der Waals surface area contributed by atoms with Crippen LogP contribution >= 0.6 is 11.6 Å². The molecule has 2 aromatic rings. The number of carbonyl (C=O) groups excluding carboxylic acids is 1. The predicted molar refractivity (Wildman–Crippen MR) is 78.2 cm³/mol. The van der Waals surface area contributed by atoms with E-state index in [1.165, 1.54) is 4.68 Å². The van der Waals surface area contributed by atoms with E-state index in [2.05, 4.69) is 20.7 Å². The molecule has 3 atom stereocenters. The standard InChI is InChI=1S/C13H17ClN6O2/c1-19-7-11(17-18-19)13(22)16-10-2-8(3-12(10)21)5-20-6-9(14)4-15-20/h4,6-8,10,12,21H,2-3,5H2,1H3,(H,16,22)/t8?,10-,12-/m1/s1. The van der Waals surface area contributed by atoms with Crippen molar-refractivity contribution >= 4 is 17.5 Å². The van der Waals surface area contributed by atoms with Crippen LogP contribution in [0.5, 0.6) is 0 Å². The molecule has 22 heavy (non-hydrogen) atoms. The van der Waals surface area contributed by atoms with E-state index in [9.17, 15) is 9.90 Å². The van der Waals surface area contributed by atoms with Crippen LogP contribution < -0.4 is 5.32 Å². The molecule has 2 heterocycles. The van der Waals surface area contributed by atoms with Crippen molar-refractivity contribution in [2.24, 2.45) is 13.0 Å². The quantitative estimate of drug-likeness (QED) is 0.839. The molecular formula is C13H17ClN6O2. The van der Waals surface area contributed by atoms with E-state index in [0.717, 1.165) is 0 Å². The van der Waals surface area contributed by atoms with Crippen molar-refractivity contribution in [3.05, 3.63) is 29.3 Å². The van der Waals surface area contributed by atoms with Gasteiger partial charge >= 0.3 is 0 Å². The fourth-order valence-corrected chi connectivity index (χ4v) is 2.98. The average molecular weight is 325 g/mol. The summed E-state index contributed by atoms with van der Waals surface area (Å²) >= 11 is 5.84. The highest BCUT2D eigenvalue weighted by Gasteiger charge is 2.34. The number of rotatable bonds is 4. The first kappa shape index (κ1) is 15.0. The number of hydrogen-bond donors (Lipinski definition) is 2. The molecular weight excluding hydrogens is 308 g/mol. The maximum atomic E-state index is 12.1. The summed E-state index contributed by atoms with van der Waals surface area (Å²) in [7, 11) is 1.69. The second kappa shape index (κ2) is 6.05. The zero-order valence-corrected chi connectivity index (χ0v) is 12.8. The van der Waals surface area contributed by atoms with Gasteiger partial charge in [-0.1, -0.05) is 16.8 Å². The number of nitrogens with one attached hydrogen (secondary N) is 1. The van der Waals surface area contributed by atoms with Gasteiger partial charge in [0.15, 0.2) is 5.69 Å². The van der Waals surface area contributed by atoms with Crippen LogP contribution in [0, 0.1) is 5.92 Å². The lowest BCUT2D eigenvalue weighted by Gasteiger charge is -2.15. The summed E-state index contributed by atoms with van der Waals surface area (Å²) < 4.78 is 3.22. The van der Waals surface area contributed by atoms with Crippen LogP contribution in [0.25, 0.3) is 0 Å². The number of carbonyl (C=O) groups is 1. The summed E-state index contributed by atoms with van der Waals surface area (Å²) in [5, 5.41) is 25.2. The molecule has 1 aliphatic carbocycles. The lowest BCUT2D eigenvalue weighted by Crippen LogP contribution is -2.40. The van der Waals surface area contributed by atoms with E-state index in [0.29, 0.717) is 24.4 Å². The molecule has 0 aliphatic heterocycles. The first-order chi connectivity index (χ1) is 10.5. The van der Waals surface area contributed by atoms with Gasteiger partial charge in [-0.05, 0) is 18.8 Å². The van der Waals surface area contributed by atoms with Crippen molar-refractivity contribution in [3.8, 4) is 0 Å². The van der Waals surface area contributed by atoms with Gasteiger partial charge in [-0.3, -0.25) is 14.2 Å². The lowest BCUT2D eigenvalue weighted by atomic mass is 10.1. The van der Waals surface area contributed by atoms with Crippen LogP contribution in [0.3, 0.4) is 0 Å². The topological polar surface area (TPSA) is 97.9 Å². The van der Waals surface area contributed by atoms with Gasteiger partial charge in [0, 0.05) is 19.8 Å². The number of aliphatic hydroxyl groups is 1. The van der Waals surface area contributed by atoms with E-state index < -0.39 is 6.10 Å². The van der Waals surface area contributed by atoms with Crippen molar-refractivity contribution < 1.29 is 9.90 Å². The Morgan fingerprint density at radius 1 is 1.50 bits per heavy atom. The number of aliphatic hydroxyl groups excluding tert-OH is 1. The first-order valence-corrected chi connectivity index (χ1v) is 7.42. The Balaban J connectivity index is 1.57. The highest BCUT2D eigenvalue weighted by Crippen LogP contribution is 2.28. The Morgan fingerprint density at radius 3 is 2.95 bits per heavy atom. The molecule has 2 aromatic heterocycles. The van der Waals surface area contributed by atoms with Gasteiger partial charge in [-0.15, -0.1) is 5.10 Å². The number of hydrogen-bond acceptors (Lipinski definition) is 5. The molecule has 0 saturated heterocycles. The van der Waals surface area contributed by atoms with Gasteiger partial charge in [-0.25, -0.2) is 0 Å². The third kappa shape index (κ3) is 3.28. The van der Waals surface area contributed by atoms with Crippen LogP contribution in [0.2, 0.25) is 5.02 Å². The zero-order valence-electron chi connectivity index (χ0n) is 12.1. The van der Waals surface area contributed by atoms with Crippen molar-refractivity contribution in [1.82, 2.24) is 30.1 Å². The molecule has 0 bridgehead atoms. The maximum Gasteiger partial charge on any atom is 0.273 e. The third-order valence-electron chi connectivity index (χ3n) is 3.83. The van der Waals surface area contributed by atoms with Crippen LogP contribution in [0.15, 0.2) is 18.6 Å². The molecule has 3 rings (SSSR count). The Hall–Kier alpha value is -1.93. The maximum absolute atomic E-state index is 12.1. The SMILES string of the molecule is Cn1cc(C(=O)N[C@@H]2CC(Cn3cc(Cl)cn3)C[C@H]2O)nn1. The molecule has 2 N–H and O–H groups in total. The number of nitrogens with zero attached hydrogens (tertiary/aromatic N) is 5. The molecule has 9 heteroatoms. The van der Waals surface area contributed by atoms with Gasteiger partial charge in [0.05, 0.1) is 29.6 Å². The van der Waals surface area contributed by atoms with Crippen molar-refractivity contribution in [2.75, 3.05) is 0 Å². The molecule has 1 unspecified atom stereocenters. The third-order valence-corrected chi connectivity index (χ3v) is 4.02. The smallest absolute Gasteiger partial charge is 0.273 e. The molecule has 0 spiro atoms. The zero-order chi connectivity index (χ0) is 15.7. The number of aryl methyl sites for hydroxylation is 1. The summed E-state index contributed by atoms with van der Waals surface area (Å²) in [4.78, 5) is 12.1. The monoisotopic (exact) mass is 324 g/mol. The molecule has 1 amide bonds. The number of halogens is 1. The Morgan fingerprint density at radius 2 is 2.32 bits per heavy atom. The lowest BCUT2D eigenvalue weighted by molar-refractivity contribution is 0.0868. The molecule has 0 radical (unpaired) electrons. The summed E-state index contributed by atoms with van der Waals surface area (Å²) in [6.45, 7) is 0.668. The fourth-order valence-electron chi connectivity index (χ4n) is 2.82. The molecule has 1 fully saturated rings. The van der Waals surface area contributed by atoms with E-state index in [4.69, 9.17) is 11.6 Å². The Kier molecular flexibility index (Phi) is 4.12. The van der Waals surface area contributed by atoms with Crippen molar-refractivity contribution in [3.63, 3.8) is 0 Å². The minimum absolute atomic E-state index is 0.234. The second-order valence-corrected chi connectivity index (χ2v) is 6.08. The van der Waals surface area contributed by atoms with Crippen LogP contribution in [0.1, 0.15) is 23.3 Å². The van der Waals surface area contributed by atoms with Gasteiger partial charge < -0.3 is 10.4 Å². The second-order valence-electron chi connectivity index (χ2n) is 5.64. The van der Waals surface area contributed by atoms with E-state index >= 15 is 0 Å². The molecule has 1 aliphatic rings. The van der Waals surface area contributed by atoms with Crippen LogP contribution in [-0.4, -0.2) is 47.9 Å². The van der Waals surface area contributed by atoms with Gasteiger partial charge in [0.25, 0.3) is 5.91 Å². The molecule has 1 saturated carbocycles. The van der Waals surface area contributed by atoms with Gasteiger partial charge in [0.2, 0.25) is 0 Å². The van der Waals surface area contributed by atoms with Gasteiger partial charge in [-0.2, -0.15) is 5.10 Å². The molecule has 8 nitrogen and oxygen atoms in total. The largest absolute Gasteiger partial charge is 0.391 e. The predicted octanol–water partition coefficient (Wildman–Crippen LogP) is 0.234. The average Bonchev–Trinajstić information content (AvgIpc) is 3.13. The van der Waals surface area contributed by atoms with Crippen LogP contribution in [-0.2, 0) is 13.6 Å². The summed E-state index contributed by atoms with van der Waals surface area (Å²) in [5.74, 6) is -0.0851. The van der Waals surface area contributed by atoms with E-state index in [1.54, 1.807) is 30.3 Å². The normalized spacial score (nSPS) is 24.6. The Labute approximate surface area is 132 Å². The highest BCUT2D eigenvalue weighted by molar-refractivity contribution is 6.30.